The fourth-order valence-electron chi connectivity index (χ4n) is 4.45. The van der Waals surface area contributed by atoms with Gasteiger partial charge in [-0.15, -0.1) is 6.58 Å². The number of allylic oxidation sites excluding steroid dienone is 1. The summed E-state index contributed by atoms with van der Waals surface area (Å²) < 4.78 is 40.7. The van der Waals surface area contributed by atoms with Crippen molar-refractivity contribution in [3.05, 3.63) is 42.5 Å². The Morgan fingerprint density at radius 2 is 1.73 bits per heavy atom. The van der Waals surface area contributed by atoms with Gasteiger partial charge in [0.05, 0.1) is 16.1 Å². The average molecular weight is 433 g/mol. The van der Waals surface area contributed by atoms with E-state index in [9.17, 15) is 8.42 Å². The molecule has 1 aromatic rings. The second-order valence-corrected chi connectivity index (χ2v) is 11.9. The highest BCUT2D eigenvalue weighted by molar-refractivity contribution is 7.89. The number of unbranched alkanes of at least 4 members (excludes halogenated alkanes) is 1. The molecule has 0 saturated carbocycles. The van der Waals surface area contributed by atoms with Gasteiger partial charge in [0, 0.05) is 13.1 Å². The van der Waals surface area contributed by atoms with E-state index in [1.54, 1.807) is 16.4 Å². The van der Waals surface area contributed by atoms with Gasteiger partial charge >= 0.3 is 7.12 Å². The minimum atomic E-state index is -3.50. The van der Waals surface area contributed by atoms with E-state index in [0.29, 0.717) is 24.3 Å². The number of hydrogen-bond acceptors (Lipinski definition) is 4. The highest BCUT2D eigenvalue weighted by Gasteiger charge is 2.54. The fraction of sp³-hybridized carbons (Fsp3) is 0.652. The lowest BCUT2D eigenvalue weighted by Gasteiger charge is -2.32. The highest BCUT2D eigenvalue weighted by Crippen LogP contribution is 2.46. The smallest absolute Gasteiger partial charge is 0.403 e. The Morgan fingerprint density at radius 1 is 1.13 bits per heavy atom. The highest BCUT2D eigenvalue weighted by atomic mass is 32.2. The van der Waals surface area contributed by atoms with E-state index >= 15 is 0 Å². The van der Waals surface area contributed by atoms with Gasteiger partial charge in [-0.3, -0.25) is 0 Å². The van der Waals surface area contributed by atoms with Crippen molar-refractivity contribution >= 4 is 17.1 Å². The predicted molar refractivity (Wildman–Crippen MR) is 122 cm³/mol. The van der Waals surface area contributed by atoms with Crippen LogP contribution in [0.3, 0.4) is 0 Å². The molecule has 0 aliphatic carbocycles. The summed E-state index contributed by atoms with van der Waals surface area (Å²) in [6.45, 7) is 15.1. The summed E-state index contributed by atoms with van der Waals surface area (Å²) in [6.07, 6.45) is 6.30. The van der Waals surface area contributed by atoms with Crippen LogP contribution in [-0.2, 0) is 19.3 Å². The van der Waals surface area contributed by atoms with Crippen LogP contribution in [0.2, 0.25) is 6.32 Å². The number of aryl methyl sites for hydroxylation is 1. The number of rotatable bonds is 8. The summed E-state index contributed by atoms with van der Waals surface area (Å²) >= 11 is 0. The molecule has 0 amide bonds. The lowest BCUT2D eigenvalue weighted by atomic mass is 9.65. The third-order valence-corrected chi connectivity index (χ3v) is 8.94. The van der Waals surface area contributed by atoms with Gasteiger partial charge < -0.3 is 9.31 Å². The normalized spacial score (nSPS) is 26.2. The topological polar surface area (TPSA) is 55.8 Å². The predicted octanol–water partition coefficient (Wildman–Crippen LogP) is 4.82. The van der Waals surface area contributed by atoms with Crippen molar-refractivity contribution in [1.82, 2.24) is 4.31 Å². The zero-order valence-corrected chi connectivity index (χ0v) is 19.9. The molecule has 1 aromatic carbocycles. The Bertz CT molecular complexity index is 850. The van der Waals surface area contributed by atoms with Crippen molar-refractivity contribution in [2.24, 2.45) is 5.41 Å². The van der Waals surface area contributed by atoms with E-state index in [1.807, 2.05) is 25.1 Å². The summed E-state index contributed by atoms with van der Waals surface area (Å²) in [5, 5.41) is 0. The maximum Gasteiger partial charge on any atom is 0.458 e. The molecule has 1 unspecified atom stereocenters. The van der Waals surface area contributed by atoms with Crippen LogP contribution in [0.5, 0.6) is 0 Å². The molecule has 0 spiro atoms. The third-order valence-electron chi connectivity index (χ3n) is 7.08. The molecule has 7 heteroatoms. The second kappa shape index (κ2) is 8.42. The van der Waals surface area contributed by atoms with Crippen LogP contribution in [0, 0.1) is 12.3 Å². The average Bonchev–Trinajstić information content (AvgIpc) is 3.14. The lowest BCUT2D eigenvalue weighted by Crippen LogP contribution is -2.41. The van der Waals surface area contributed by atoms with Gasteiger partial charge in [0.25, 0.3) is 0 Å². The molecule has 166 valence electrons. The van der Waals surface area contributed by atoms with Crippen LogP contribution in [0.1, 0.15) is 58.9 Å². The molecule has 2 aliphatic heterocycles. The Labute approximate surface area is 183 Å². The van der Waals surface area contributed by atoms with Crippen LogP contribution < -0.4 is 0 Å². The second-order valence-electron chi connectivity index (χ2n) is 9.97. The van der Waals surface area contributed by atoms with Gasteiger partial charge in [0.1, 0.15) is 0 Å². The van der Waals surface area contributed by atoms with Gasteiger partial charge in [0.2, 0.25) is 10.0 Å². The summed E-state index contributed by atoms with van der Waals surface area (Å²) in [6, 6.07) is 7.11. The van der Waals surface area contributed by atoms with Crippen molar-refractivity contribution in [2.45, 2.75) is 82.7 Å². The van der Waals surface area contributed by atoms with Crippen LogP contribution in [-0.4, -0.2) is 44.1 Å². The lowest BCUT2D eigenvalue weighted by molar-refractivity contribution is 0.00578. The third kappa shape index (κ3) is 4.69. The first-order chi connectivity index (χ1) is 13.9. The largest absolute Gasteiger partial charge is 0.458 e. The molecular weight excluding hydrogens is 397 g/mol. The first-order valence-corrected chi connectivity index (χ1v) is 12.4. The quantitative estimate of drug-likeness (QED) is 0.335. The van der Waals surface area contributed by atoms with E-state index in [0.717, 1.165) is 31.2 Å². The van der Waals surface area contributed by atoms with Crippen molar-refractivity contribution < 1.29 is 17.7 Å². The SMILES string of the molecule is C=CCCCC1(CB2OC(C)(C)C(C)(C)O2)CCN(S(=O)(=O)c2ccc(C)cc2)C1. The molecule has 0 aromatic heterocycles. The molecule has 2 aliphatic rings. The molecule has 2 saturated heterocycles. The van der Waals surface area contributed by atoms with Crippen molar-refractivity contribution in [3.8, 4) is 0 Å². The monoisotopic (exact) mass is 433 g/mol. The standard InChI is InChI=1S/C23H36BNO4S/c1-7-8-9-14-23(17-24-28-21(3,4)22(5,6)29-24)15-16-25(18-23)30(26,27)20-12-10-19(2)11-13-20/h7,10-13H,1,8-9,14-18H2,2-6H3. The first-order valence-electron chi connectivity index (χ1n) is 10.9. The Balaban J connectivity index is 1.79. The van der Waals surface area contributed by atoms with Crippen LogP contribution in [0.25, 0.3) is 0 Å². The maximum absolute atomic E-state index is 13.3. The Kier molecular flexibility index (Phi) is 6.60. The van der Waals surface area contributed by atoms with Crippen molar-refractivity contribution in [1.29, 1.82) is 0 Å². The molecule has 0 bridgehead atoms. The molecule has 5 nitrogen and oxygen atoms in total. The number of hydrogen-bond donors (Lipinski definition) is 0. The molecular formula is C23H36BNO4S. The zero-order chi connectivity index (χ0) is 22.2. The molecule has 30 heavy (non-hydrogen) atoms. The van der Waals surface area contributed by atoms with E-state index in [2.05, 4.69) is 34.3 Å². The molecule has 2 fully saturated rings. The molecule has 0 N–H and O–H groups in total. The van der Waals surface area contributed by atoms with Gasteiger partial charge in [-0.2, -0.15) is 4.31 Å². The van der Waals surface area contributed by atoms with Crippen molar-refractivity contribution in [3.63, 3.8) is 0 Å². The molecule has 1 atom stereocenters. The summed E-state index contributed by atoms with van der Waals surface area (Å²) in [5.74, 6) is 0. The molecule has 2 heterocycles. The molecule has 3 rings (SSSR count). The van der Waals surface area contributed by atoms with E-state index in [4.69, 9.17) is 9.31 Å². The maximum atomic E-state index is 13.3. The van der Waals surface area contributed by atoms with Gasteiger partial charge in [0.15, 0.2) is 0 Å². The van der Waals surface area contributed by atoms with E-state index < -0.39 is 10.0 Å². The minimum absolute atomic E-state index is 0.151. The molecule has 0 radical (unpaired) electrons. The number of benzene rings is 1. The Morgan fingerprint density at radius 3 is 2.30 bits per heavy atom. The summed E-state index contributed by atoms with van der Waals surface area (Å²) in [4.78, 5) is 0.366. The van der Waals surface area contributed by atoms with Crippen LogP contribution in [0.15, 0.2) is 41.8 Å². The van der Waals surface area contributed by atoms with Gasteiger partial charge in [-0.1, -0.05) is 23.8 Å². The summed E-state index contributed by atoms with van der Waals surface area (Å²) in [7, 11) is -3.82. The van der Waals surface area contributed by atoms with Gasteiger partial charge in [-0.05, 0) is 84.2 Å². The fourth-order valence-corrected chi connectivity index (χ4v) is 6.01. The number of nitrogens with zero attached hydrogens (tertiary/aromatic N) is 1. The van der Waals surface area contributed by atoms with E-state index in [-0.39, 0.29) is 23.7 Å². The first kappa shape index (κ1) is 23.5. The van der Waals surface area contributed by atoms with Crippen LogP contribution in [0.4, 0.5) is 0 Å². The van der Waals surface area contributed by atoms with Gasteiger partial charge in [-0.25, -0.2) is 8.42 Å². The minimum Gasteiger partial charge on any atom is -0.403 e. The zero-order valence-electron chi connectivity index (χ0n) is 19.1. The van der Waals surface area contributed by atoms with E-state index in [1.165, 1.54) is 0 Å². The van der Waals surface area contributed by atoms with Crippen LogP contribution >= 0.6 is 0 Å². The summed E-state index contributed by atoms with van der Waals surface area (Å²) in [5.41, 5.74) is 0.135. The Hall–Kier alpha value is -1.15. The van der Waals surface area contributed by atoms with Crippen molar-refractivity contribution in [2.75, 3.05) is 13.1 Å². The number of sulfonamides is 1.